The van der Waals surface area contributed by atoms with Crippen LogP contribution in [-0.2, 0) is 21.4 Å². The Kier molecular flexibility index (Phi) is 6.43. The summed E-state index contributed by atoms with van der Waals surface area (Å²) in [6.07, 6.45) is 0.718. The molecule has 3 rings (SSSR count). The fourth-order valence-corrected chi connectivity index (χ4v) is 4.18. The molecule has 1 aromatic carbocycles. The van der Waals surface area contributed by atoms with E-state index < -0.39 is 22.0 Å². The van der Waals surface area contributed by atoms with Crippen molar-refractivity contribution in [3.63, 3.8) is 0 Å². The topological polar surface area (TPSA) is 120 Å². The Morgan fingerprint density at radius 1 is 1.17 bits per heavy atom. The molecule has 2 N–H and O–H groups in total. The van der Waals surface area contributed by atoms with Crippen molar-refractivity contribution in [2.45, 2.75) is 44.7 Å². The summed E-state index contributed by atoms with van der Waals surface area (Å²) in [5.41, 5.74) is 0.699. The second-order valence-electron chi connectivity index (χ2n) is 7.15. The number of benzene rings is 1. The maximum Gasteiger partial charge on any atom is 0.241 e. The summed E-state index contributed by atoms with van der Waals surface area (Å²) >= 11 is 0. The maximum absolute atomic E-state index is 12.9. The van der Waals surface area contributed by atoms with Crippen molar-refractivity contribution in [3.05, 3.63) is 35.7 Å². The lowest BCUT2D eigenvalue weighted by atomic mass is 10.1. The summed E-state index contributed by atoms with van der Waals surface area (Å²) in [5.74, 6) is 0.635. The van der Waals surface area contributed by atoms with Gasteiger partial charge in [0.15, 0.2) is 17.3 Å². The van der Waals surface area contributed by atoms with E-state index in [9.17, 15) is 13.2 Å². The molecular formula is C19H25N3O6S. The largest absolute Gasteiger partial charge is 0.490 e. The summed E-state index contributed by atoms with van der Waals surface area (Å²) in [4.78, 5) is 12.6. The Labute approximate surface area is 169 Å². The van der Waals surface area contributed by atoms with E-state index in [1.165, 1.54) is 12.1 Å². The third-order valence-electron chi connectivity index (χ3n) is 4.37. The molecule has 0 aliphatic carbocycles. The van der Waals surface area contributed by atoms with Crippen molar-refractivity contribution < 1.29 is 27.2 Å². The summed E-state index contributed by atoms with van der Waals surface area (Å²) in [7, 11) is -3.96. The van der Waals surface area contributed by atoms with Crippen LogP contribution in [0, 0.1) is 12.8 Å². The average Bonchev–Trinajstić information content (AvgIpc) is 2.95. The van der Waals surface area contributed by atoms with E-state index in [2.05, 4.69) is 15.2 Å². The Balaban J connectivity index is 1.73. The van der Waals surface area contributed by atoms with Gasteiger partial charge in [0.1, 0.15) is 6.04 Å². The van der Waals surface area contributed by atoms with Gasteiger partial charge in [0.05, 0.1) is 30.3 Å². The van der Waals surface area contributed by atoms with Gasteiger partial charge in [0.2, 0.25) is 15.9 Å². The number of rotatable bonds is 7. The SMILES string of the molecule is Cc1cc(CNC(=O)C(NS(=O)(=O)c2ccc3c(c2)OCCCO3)C(C)C)on1. The number of aryl methyl sites for hydroxylation is 1. The fourth-order valence-electron chi connectivity index (χ4n) is 2.82. The van der Waals surface area contributed by atoms with E-state index >= 15 is 0 Å². The number of amides is 1. The first-order valence-corrected chi connectivity index (χ1v) is 10.9. The summed E-state index contributed by atoms with van der Waals surface area (Å²) in [6.45, 7) is 6.38. The van der Waals surface area contributed by atoms with Crippen LogP contribution in [-0.4, -0.2) is 38.7 Å². The first-order chi connectivity index (χ1) is 13.8. The number of nitrogens with zero attached hydrogens (tertiary/aromatic N) is 1. The number of hydrogen-bond acceptors (Lipinski definition) is 7. The van der Waals surface area contributed by atoms with Gasteiger partial charge < -0.3 is 19.3 Å². The molecule has 0 fully saturated rings. The standard InChI is InChI=1S/C19H25N3O6S/c1-12(2)18(19(23)20-11-14-9-13(3)21-28-14)22-29(24,25)15-5-6-16-17(10-15)27-8-4-7-26-16/h5-6,9-10,12,18,22H,4,7-8,11H2,1-3H3,(H,20,23). The summed E-state index contributed by atoms with van der Waals surface area (Å²) < 4.78 is 44.4. The molecule has 1 amide bonds. The lowest BCUT2D eigenvalue weighted by Crippen LogP contribution is -2.49. The Hall–Kier alpha value is -2.59. The van der Waals surface area contributed by atoms with E-state index in [1.807, 2.05) is 0 Å². The highest BCUT2D eigenvalue weighted by atomic mass is 32.2. The van der Waals surface area contributed by atoms with Gasteiger partial charge in [-0.3, -0.25) is 4.79 Å². The minimum absolute atomic E-state index is 0.00561. The highest BCUT2D eigenvalue weighted by Gasteiger charge is 2.29. The van der Waals surface area contributed by atoms with Crippen molar-refractivity contribution in [1.29, 1.82) is 0 Å². The van der Waals surface area contributed by atoms with E-state index in [0.29, 0.717) is 36.2 Å². The van der Waals surface area contributed by atoms with Crippen molar-refractivity contribution in [2.75, 3.05) is 13.2 Å². The molecular weight excluding hydrogens is 398 g/mol. The monoisotopic (exact) mass is 423 g/mol. The van der Waals surface area contributed by atoms with Crippen LogP contribution >= 0.6 is 0 Å². The zero-order valence-electron chi connectivity index (χ0n) is 16.6. The van der Waals surface area contributed by atoms with Crippen LogP contribution < -0.4 is 19.5 Å². The van der Waals surface area contributed by atoms with Crippen molar-refractivity contribution >= 4 is 15.9 Å². The van der Waals surface area contributed by atoms with E-state index in [0.717, 1.165) is 6.42 Å². The van der Waals surface area contributed by atoms with E-state index in [-0.39, 0.29) is 17.4 Å². The molecule has 0 radical (unpaired) electrons. The molecule has 2 aromatic rings. The minimum atomic E-state index is -3.96. The highest BCUT2D eigenvalue weighted by Crippen LogP contribution is 2.32. The molecule has 9 nitrogen and oxygen atoms in total. The van der Waals surface area contributed by atoms with Crippen LogP contribution in [0.25, 0.3) is 0 Å². The van der Waals surface area contributed by atoms with E-state index in [1.54, 1.807) is 32.9 Å². The van der Waals surface area contributed by atoms with Crippen molar-refractivity contribution in [2.24, 2.45) is 5.92 Å². The van der Waals surface area contributed by atoms with Gasteiger partial charge in [0, 0.05) is 18.6 Å². The zero-order chi connectivity index (χ0) is 21.0. The number of carbonyl (C=O) groups excluding carboxylic acids is 1. The van der Waals surface area contributed by atoms with Gasteiger partial charge in [-0.25, -0.2) is 8.42 Å². The third kappa shape index (κ3) is 5.27. The van der Waals surface area contributed by atoms with Crippen LogP contribution in [0.5, 0.6) is 11.5 Å². The fraction of sp³-hybridized carbons (Fsp3) is 0.474. The molecule has 0 saturated heterocycles. The number of fused-ring (bicyclic) bond motifs is 1. The molecule has 0 spiro atoms. The van der Waals surface area contributed by atoms with Gasteiger partial charge >= 0.3 is 0 Å². The second-order valence-corrected chi connectivity index (χ2v) is 8.87. The lowest BCUT2D eigenvalue weighted by Gasteiger charge is -2.21. The van der Waals surface area contributed by atoms with Gasteiger partial charge in [-0.05, 0) is 25.0 Å². The second kappa shape index (κ2) is 8.83. The van der Waals surface area contributed by atoms with Crippen LogP contribution in [0.15, 0.2) is 33.7 Å². The maximum atomic E-state index is 12.9. The Morgan fingerprint density at radius 2 is 1.90 bits per heavy atom. The van der Waals surface area contributed by atoms with Crippen LogP contribution in [0.3, 0.4) is 0 Å². The first-order valence-electron chi connectivity index (χ1n) is 9.38. The average molecular weight is 423 g/mol. The number of hydrogen-bond donors (Lipinski definition) is 2. The summed E-state index contributed by atoms with van der Waals surface area (Å²) in [5, 5.41) is 6.44. The molecule has 158 valence electrons. The Morgan fingerprint density at radius 3 is 2.55 bits per heavy atom. The molecule has 1 aliphatic rings. The molecule has 10 heteroatoms. The van der Waals surface area contributed by atoms with E-state index in [4.69, 9.17) is 14.0 Å². The minimum Gasteiger partial charge on any atom is -0.490 e. The van der Waals surface area contributed by atoms with Crippen LogP contribution in [0.1, 0.15) is 31.7 Å². The van der Waals surface area contributed by atoms with Gasteiger partial charge in [-0.15, -0.1) is 0 Å². The Bertz CT molecular complexity index is 970. The van der Waals surface area contributed by atoms with Crippen molar-refractivity contribution in [3.8, 4) is 11.5 Å². The van der Waals surface area contributed by atoms with Crippen molar-refractivity contribution in [1.82, 2.24) is 15.2 Å². The molecule has 0 saturated carbocycles. The summed E-state index contributed by atoms with van der Waals surface area (Å²) in [6, 6.07) is 5.15. The van der Waals surface area contributed by atoms with Gasteiger partial charge in [0.25, 0.3) is 0 Å². The number of nitrogens with one attached hydrogen (secondary N) is 2. The quantitative estimate of drug-likeness (QED) is 0.696. The van der Waals surface area contributed by atoms with Gasteiger partial charge in [-0.2, -0.15) is 4.72 Å². The smallest absolute Gasteiger partial charge is 0.241 e. The zero-order valence-corrected chi connectivity index (χ0v) is 17.4. The molecule has 2 heterocycles. The molecule has 0 bridgehead atoms. The number of sulfonamides is 1. The number of ether oxygens (including phenoxy) is 2. The predicted molar refractivity (Wildman–Crippen MR) is 104 cm³/mol. The van der Waals surface area contributed by atoms with Gasteiger partial charge in [-0.1, -0.05) is 19.0 Å². The first kappa shape index (κ1) is 21.1. The predicted octanol–water partition coefficient (Wildman–Crippen LogP) is 1.76. The van der Waals surface area contributed by atoms with Crippen LogP contribution in [0.2, 0.25) is 0 Å². The highest BCUT2D eigenvalue weighted by molar-refractivity contribution is 7.89. The molecule has 1 aliphatic heterocycles. The normalized spacial score (nSPS) is 15.0. The third-order valence-corrected chi connectivity index (χ3v) is 5.81. The molecule has 29 heavy (non-hydrogen) atoms. The lowest BCUT2D eigenvalue weighted by molar-refractivity contribution is -0.123. The molecule has 1 unspecified atom stereocenters. The molecule has 1 aromatic heterocycles. The number of carbonyl (C=O) groups is 1. The number of aromatic nitrogens is 1. The van der Waals surface area contributed by atoms with Crippen LogP contribution in [0.4, 0.5) is 0 Å². The molecule has 1 atom stereocenters.